The molecule has 0 saturated heterocycles. The molecule has 21 heavy (non-hydrogen) atoms. The summed E-state index contributed by atoms with van der Waals surface area (Å²) < 4.78 is 5.36. The summed E-state index contributed by atoms with van der Waals surface area (Å²) in [6, 6.07) is 13.1. The molecule has 0 bridgehead atoms. The molecule has 2 rings (SSSR count). The van der Waals surface area contributed by atoms with Crippen LogP contribution in [0, 0.1) is 13.8 Å². The molecule has 0 unspecified atom stereocenters. The predicted molar refractivity (Wildman–Crippen MR) is 89.9 cm³/mol. The van der Waals surface area contributed by atoms with Crippen molar-refractivity contribution in [2.75, 3.05) is 13.7 Å². The molecule has 0 atom stereocenters. The maximum atomic E-state index is 5.36. The van der Waals surface area contributed by atoms with Crippen molar-refractivity contribution in [1.29, 1.82) is 0 Å². The van der Waals surface area contributed by atoms with Crippen molar-refractivity contribution in [3.63, 3.8) is 0 Å². The first-order valence-electron chi connectivity index (χ1n) is 7.61. The van der Waals surface area contributed by atoms with E-state index in [1.165, 1.54) is 27.8 Å². The molecule has 0 saturated carbocycles. The second kappa shape index (κ2) is 7.28. The molecule has 2 aromatic rings. The average molecular weight is 283 g/mol. The number of aryl methyl sites for hydroxylation is 2. The molecule has 0 aliphatic carbocycles. The van der Waals surface area contributed by atoms with Gasteiger partial charge >= 0.3 is 0 Å². The second-order valence-corrected chi connectivity index (χ2v) is 5.52. The van der Waals surface area contributed by atoms with E-state index in [0.717, 1.165) is 25.3 Å². The maximum absolute atomic E-state index is 5.36. The van der Waals surface area contributed by atoms with Gasteiger partial charge in [0.05, 0.1) is 7.11 Å². The lowest BCUT2D eigenvalue weighted by atomic mass is 9.96. The Kier molecular flexibility index (Phi) is 5.40. The normalized spacial score (nSPS) is 10.7. The summed E-state index contributed by atoms with van der Waals surface area (Å²) in [7, 11) is 1.72. The van der Waals surface area contributed by atoms with Crippen LogP contribution in [0.15, 0.2) is 36.4 Å². The zero-order chi connectivity index (χ0) is 15.2. The van der Waals surface area contributed by atoms with E-state index in [1.54, 1.807) is 7.11 Å². The van der Waals surface area contributed by atoms with Gasteiger partial charge in [-0.05, 0) is 61.2 Å². The minimum Gasteiger partial charge on any atom is -0.496 e. The Morgan fingerprint density at radius 1 is 1.05 bits per heavy atom. The van der Waals surface area contributed by atoms with Crippen LogP contribution in [-0.2, 0) is 6.54 Å². The topological polar surface area (TPSA) is 21.3 Å². The van der Waals surface area contributed by atoms with Crippen molar-refractivity contribution in [3.8, 4) is 16.9 Å². The number of methoxy groups -OCH3 is 1. The number of hydrogen-bond acceptors (Lipinski definition) is 2. The van der Waals surface area contributed by atoms with Gasteiger partial charge in [-0.3, -0.25) is 0 Å². The minimum atomic E-state index is 0.911. The quantitative estimate of drug-likeness (QED) is 0.789. The number of hydrogen-bond donors (Lipinski definition) is 1. The molecule has 2 nitrogen and oxygen atoms in total. The number of ether oxygens (including phenoxy) is 1. The lowest BCUT2D eigenvalue weighted by Crippen LogP contribution is -2.14. The van der Waals surface area contributed by atoms with Crippen LogP contribution in [0.3, 0.4) is 0 Å². The van der Waals surface area contributed by atoms with E-state index in [1.807, 2.05) is 0 Å². The van der Waals surface area contributed by atoms with Crippen molar-refractivity contribution in [1.82, 2.24) is 5.32 Å². The van der Waals surface area contributed by atoms with Gasteiger partial charge in [-0.1, -0.05) is 36.8 Å². The molecular weight excluding hydrogens is 258 g/mol. The maximum Gasteiger partial charge on any atom is 0.121 e. The van der Waals surface area contributed by atoms with E-state index in [0.29, 0.717) is 0 Å². The fourth-order valence-corrected chi connectivity index (χ4v) is 2.56. The molecule has 1 N–H and O–H groups in total. The van der Waals surface area contributed by atoms with Crippen molar-refractivity contribution in [2.45, 2.75) is 33.7 Å². The Hall–Kier alpha value is -1.80. The van der Waals surface area contributed by atoms with E-state index in [2.05, 4.69) is 62.5 Å². The van der Waals surface area contributed by atoms with Gasteiger partial charge in [0.1, 0.15) is 5.75 Å². The van der Waals surface area contributed by atoms with E-state index >= 15 is 0 Å². The monoisotopic (exact) mass is 283 g/mol. The third kappa shape index (κ3) is 3.85. The van der Waals surface area contributed by atoms with Gasteiger partial charge < -0.3 is 10.1 Å². The molecule has 2 aromatic carbocycles. The van der Waals surface area contributed by atoms with Crippen LogP contribution in [0.2, 0.25) is 0 Å². The smallest absolute Gasteiger partial charge is 0.121 e. The number of rotatable bonds is 6. The highest BCUT2D eigenvalue weighted by atomic mass is 16.5. The Labute approximate surface area is 128 Å². The van der Waals surface area contributed by atoms with Crippen LogP contribution < -0.4 is 10.1 Å². The molecule has 0 fully saturated rings. The van der Waals surface area contributed by atoms with Gasteiger partial charge in [0.2, 0.25) is 0 Å². The number of nitrogens with one attached hydrogen (secondary N) is 1. The Bertz CT molecular complexity index is 605. The Balaban J connectivity index is 2.36. The Morgan fingerprint density at radius 2 is 1.86 bits per heavy atom. The highest BCUT2D eigenvalue weighted by Gasteiger charge is 2.07. The van der Waals surface area contributed by atoms with Crippen molar-refractivity contribution in [2.24, 2.45) is 0 Å². The van der Waals surface area contributed by atoms with Crippen LogP contribution in [-0.4, -0.2) is 13.7 Å². The summed E-state index contributed by atoms with van der Waals surface area (Å²) >= 11 is 0. The molecule has 2 heteroatoms. The minimum absolute atomic E-state index is 0.911. The summed E-state index contributed by atoms with van der Waals surface area (Å²) in [5.74, 6) is 0.942. The molecule has 0 spiro atoms. The standard InChI is InChI=1S/C19H25NO/c1-5-10-20-13-17-7-6-14(2)11-18(17)16-8-9-19(21-4)15(3)12-16/h6-9,11-12,20H,5,10,13H2,1-4H3. The van der Waals surface area contributed by atoms with Gasteiger partial charge in [-0.15, -0.1) is 0 Å². The van der Waals surface area contributed by atoms with Gasteiger partial charge in [0.15, 0.2) is 0 Å². The van der Waals surface area contributed by atoms with E-state index < -0.39 is 0 Å². The van der Waals surface area contributed by atoms with E-state index in [9.17, 15) is 0 Å². The van der Waals surface area contributed by atoms with Crippen LogP contribution in [0.5, 0.6) is 5.75 Å². The first-order chi connectivity index (χ1) is 10.2. The van der Waals surface area contributed by atoms with Crippen LogP contribution in [0.1, 0.15) is 30.0 Å². The molecule has 112 valence electrons. The second-order valence-electron chi connectivity index (χ2n) is 5.52. The largest absolute Gasteiger partial charge is 0.496 e. The van der Waals surface area contributed by atoms with Gasteiger partial charge in [-0.2, -0.15) is 0 Å². The van der Waals surface area contributed by atoms with Crippen LogP contribution in [0.25, 0.3) is 11.1 Å². The van der Waals surface area contributed by atoms with E-state index in [-0.39, 0.29) is 0 Å². The summed E-state index contributed by atoms with van der Waals surface area (Å²) in [4.78, 5) is 0. The first-order valence-corrected chi connectivity index (χ1v) is 7.61. The molecule has 0 radical (unpaired) electrons. The fourth-order valence-electron chi connectivity index (χ4n) is 2.56. The lowest BCUT2D eigenvalue weighted by Gasteiger charge is -2.13. The van der Waals surface area contributed by atoms with Crippen LogP contribution in [0.4, 0.5) is 0 Å². The van der Waals surface area contributed by atoms with E-state index in [4.69, 9.17) is 4.74 Å². The van der Waals surface area contributed by atoms with Crippen molar-refractivity contribution >= 4 is 0 Å². The Morgan fingerprint density at radius 3 is 2.52 bits per heavy atom. The van der Waals surface area contributed by atoms with Gasteiger partial charge in [0, 0.05) is 6.54 Å². The molecule has 0 aliphatic rings. The summed E-state index contributed by atoms with van der Waals surface area (Å²) in [5.41, 5.74) is 6.37. The molecule has 0 aromatic heterocycles. The SMILES string of the molecule is CCCNCc1ccc(C)cc1-c1ccc(OC)c(C)c1. The summed E-state index contributed by atoms with van der Waals surface area (Å²) in [6.45, 7) is 8.38. The zero-order valence-electron chi connectivity index (χ0n) is 13.5. The molecule has 0 aliphatic heterocycles. The van der Waals surface area contributed by atoms with Crippen LogP contribution >= 0.6 is 0 Å². The first kappa shape index (κ1) is 15.6. The fraction of sp³-hybridized carbons (Fsp3) is 0.368. The third-order valence-corrected chi connectivity index (χ3v) is 3.71. The lowest BCUT2D eigenvalue weighted by molar-refractivity contribution is 0.412. The highest BCUT2D eigenvalue weighted by molar-refractivity contribution is 5.70. The zero-order valence-corrected chi connectivity index (χ0v) is 13.5. The molecular formula is C19H25NO. The highest BCUT2D eigenvalue weighted by Crippen LogP contribution is 2.29. The third-order valence-electron chi connectivity index (χ3n) is 3.71. The van der Waals surface area contributed by atoms with Gasteiger partial charge in [0.25, 0.3) is 0 Å². The van der Waals surface area contributed by atoms with Gasteiger partial charge in [-0.25, -0.2) is 0 Å². The average Bonchev–Trinajstić information content (AvgIpc) is 2.49. The summed E-state index contributed by atoms with van der Waals surface area (Å²) in [5, 5.41) is 3.49. The van der Waals surface area contributed by atoms with Crippen molar-refractivity contribution < 1.29 is 4.74 Å². The predicted octanol–water partition coefficient (Wildman–Crippen LogP) is 4.48. The summed E-state index contributed by atoms with van der Waals surface area (Å²) in [6.07, 6.45) is 1.16. The molecule has 0 amide bonds. The molecule has 0 heterocycles. The van der Waals surface area contributed by atoms with Crippen molar-refractivity contribution in [3.05, 3.63) is 53.1 Å². The number of benzene rings is 2.